The minimum Gasteiger partial charge on any atom is -0.490 e. The predicted octanol–water partition coefficient (Wildman–Crippen LogP) is 2.36. The van der Waals surface area contributed by atoms with Gasteiger partial charge < -0.3 is 9.64 Å². The second-order valence-electron chi connectivity index (χ2n) is 8.38. The Morgan fingerprint density at radius 1 is 0.968 bits per heavy atom. The molecular formula is C23H28N6O2. The van der Waals surface area contributed by atoms with Gasteiger partial charge >= 0.3 is 0 Å². The highest BCUT2D eigenvalue weighted by Gasteiger charge is 2.30. The molecular weight excluding hydrogens is 392 g/mol. The molecule has 5 rings (SSSR count). The van der Waals surface area contributed by atoms with E-state index in [1.54, 1.807) is 17.1 Å². The van der Waals surface area contributed by atoms with Gasteiger partial charge in [-0.2, -0.15) is 0 Å². The lowest BCUT2D eigenvalue weighted by molar-refractivity contribution is -0.133. The third-order valence-electron chi connectivity index (χ3n) is 6.47. The number of rotatable bonds is 5. The van der Waals surface area contributed by atoms with Crippen molar-refractivity contribution in [2.75, 3.05) is 26.2 Å². The molecule has 8 nitrogen and oxygen atoms in total. The molecule has 0 aliphatic carbocycles. The maximum atomic E-state index is 12.8. The van der Waals surface area contributed by atoms with E-state index < -0.39 is 0 Å². The summed E-state index contributed by atoms with van der Waals surface area (Å²) in [7, 11) is 0. The molecule has 31 heavy (non-hydrogen) atoms. The van der Waals surface area contributed by atoms with Gasteiger partial charge in [0.15, 0.2) is 0 Å². The summed E-state index contributed by atoms with van der Waals surface area (Å²) in [5.41, 5.74) is 1.73. The van der Waals surface area contributed by atoms with E-state index in [4.69, 9.17) is 4.74 Å². The van der Waals surface area contributed by atoms with E-state index in [1.165, 1.54) is 0 Å². The first kappa shape index (κ1) is 19.9. The van der Waals surface area contributed by atoms with E-state index in [0.717, 1.165) is 68.6 Å². The number of amides is 1. The van der Waals surface area contributed by atoms with Gasteiger partial charge in [-0.15, -0.1) is 5.10 Å². The first-order valence-electron chi connectivity index (χ1n) is 11.1. The second kappa shape index (κ2) is 9.01. The standard InChI is InChI=1S/C23H28N6O2/c30-23(17-29-22-4-2-1-3-21(22)25-26-29)28-13-7-18(8-14-28)27-15-9-20(10-16-27)31-19-5-11-24-12-6-19/h1-6,11-12,18,20H,7-10,13-17H2. The Morgan fingerprint density at radius 2 is 1.71 bits per heavy atom. The molecule has 1 aromatic carbocycles. The van der Waals surface area contributed by atoms with E-state index in [9.17, 15) is 4.79 Å². The van der Waals surface area contributed by atoms with Crippen molar-refractivity contribution in [1.29, 1.82) is 0 Å². The molecule has 4 heterocycles. The minimum atomic E-state index is 0.124. The summed E-state index contributed by atoms with van der Waals surface area (Å²) in [6.45, 7) is 3.98. The Morgan fingerprint density at radius 3 is 2.48 bits per heavy atom. The minimum absolute atomic E-state index is 0.124. The van der Waals surface area contributed by atoms with E-state index in [2.05, 4.69) is 20.2 Å². The first-order valence-corrected chi connectivity index (χ1v) is 11.1. The summed E-state index contributed by atoms with van der Waals surface area (Å²) in [6, 6.07) is 12.1. The van der Waals surface area contributed by atoms with E-state index >= 15 is 0 Å². The summed E-state index contributed by atoms with van der Waals surface area (Å²) >= 11 is 0. The summed E-state index contributed by atoms with van der Waals surface area (Å²) in [6.07, 6.45) is 7.95. The Hall–Kier alpha value is -3.00. The molecule has 0 radical (unpaired) electrons. The number of nitrogens with zero attached hydrogens (tertiary/aromatic N) is 6. The lowest BCUT2D eigenvalue weighted by Gasteiger charge is -2.41. The van der Waals surface area contributed by atoms with Crippen LogP contribution in [0.3, 0.4) is 0 Å². The Kier molecular flexibility index (Phi) is 5.80. The summed E-state index contributed by atoms with van der Waals surface area (Å²) in [5.74, 6) is 1.03. The van der Waals surface area contributed by atoms with Crippen molar-refractivity contribution in [3.63, 3.8) is 0 Å². The Labute approximate surface area is 181 Å². The highest BCUT2D eigenvalue weighted by Crippen LogP contribution is 2.24. The molecule has 0 spiro atoms. The largest absolute Gasteiger partial charge is 0.490 e. The smallest absolute Gasteiger partial charge is 0.244 e. The molecule has 2 aromatic heterocycles. The quantitative estimate of drug-likeness (QED) is 0.631. The van der Waals surface area contributed by atoms with Crippen molar-refractivity contribution in [3.8, 4) is 5.75 Å². The molecule has 162 valence electrons. The molecule has 0 bridgehead atoms. The third-order valence-corrected chi connectivity index (χ3v) is 6.47. The number of carbonyl (C=O) groups excluding carboxylic acids is 1. The normalized spacial score (nSPS) is 19.0. The van der Waals surface area contributed by atoms with Gasteiger partial charge in [0, 0.05) is 44.6 Å². The molecule has 2 fully saturated rings. The van der Waals surface area contributed by atoms with Gasteiger partial charge in [0.25, 0.3) is 0 Å². The van der Waals surface area contributed by atoms with Gasteiger partial charge in [-0.25, -0.2) is 4.68 Å². The highest BCUT2D eigenvalue weighted by molar-refractivity contribution is 5.79. The SMILES string of the molecule is O=C(Cn1nnc2ccccc21)N1CCC(N2CCC(Oc3ccncc3)CC2)CC1. The molecule has 2 saturated heterocycles. The molecule has 2 aliphatic heterocycles. The average Bonchev–Trinajstić information content (AvgIpc) is 3.23. The van der Waals surface area contributed by atoms with Crippen molar-refractivity contribution in [3.05, 3.63) is 48.8 Å². The molecule has 1 amide bonds. The number of likely N-dealkylation sites (tertiary alicyclic amines) is 2. The van der Waals surface area contributed by atoms with Gasteiger partial charge in [-0.05, 0) is 49.9 Å². The van der Waals surface area contributed by atoms with Crippen LogP contribution in [0.1, 0.15) is 25.7 Å². The zero-order valence-electron chi connectivity index (χ0n) is 17.6. The van der Waals surface area contributed by atoms with Crippen LogP contribution in [0.5, 0.6) is 5.75 Å². The van der Waals surface area contributed by atoms with Crippen LogP contribution in [0.15, 0.2) is 48.8 Å². The molecule has 0 unspecified atom stereocenters. The van der Waals surface area contributed by atoms with Gasteiger partial charge in [0.05, 0.1) is 5.52 Å². The third kappa shape index (κ3) is 4.54. The fraction of sp³-hybridized carbons (Fsp3) is 0.478. The van der Waals surface area contributed by atoms with Crippen LogP contribution in [0.4, 0.5) is 0 Å². The number of para-hydroxylation sites is 1. The maximum absolute atomic E-state index is 12.8. The monoisotopic (exact) mass is 420 g/mol. The molecule has 0 saturated carbocycles. The zero-order chi connectivity index (χ0) is 21.0. The van der Waals surface area contributed by atoms with Crippen molar-refractivity contribution in [2.24, 2.45) is 0 Å². The van der Waals surface area contributed by atoms with Gasteiger partial charge in [0.2, 0.25) is 5.91 Å². The van der Waals surface area contributed by atoms with Crippen molar-refractivity contribution in [2.45, 2.75) is 44.4 Å². The summed E-state index contributed by atoms with van der Waals surface area (Å²) in [5, 5.41) is 8.30. The number of piperidine rings is 2. The van der Waals surface area contributed by atoms with Crippen molar-refractivity contribution < 1.29 is 9.53 Å². The highest BCUT2D eigenvalue weighted by atomic mass is 16.5. The fourth-order valence-electron chi connectivity index (χ4n) is 4.71. The van der Waals surface area contributed by atoms with E-state index in [1.807, 2.05) is 41.3 Å². The number of carbonyl (C=O) groups is 1. The van der Waals surface area contributed by atoms with E-state index in [0.29, 0.717) is 6.04 Å². The first-order chi connectivity index (χ1) is 15.3. The van der Waals surface area contributed by atoms with Crippen LogP contribution in [-0.2, 0) is 11.3 Å². The molecule has 8 heteroatoms. The lowest BCUT2D eigenvalue weighted by atomic mass is 9.98. The zero-order valence-corrected chi connectivity index (χ0v) is 17.6. The van der Waals surface area contributed by atoms with Crippen LogP contribution < -0.4 is 4.74 Å². The molecule has 0 atom stereocenters. The number of hydrogen-bond acceptors (Lipinski definition) is 6. The van der Waals surface area contributed by atoms with Crippen LogP contribution in [0, 0.1) is 0 Å². The summed E-state index contributed by atoms with van der Waals surface area (Å²) < 4.78 is 7.79. The van der Waals surface area contributed by atoms with Crippen LogP contribution in [-0.4, -0.2) is 74.0 Å². The average molecular weight is 421 g/mol. The van der Waals surface area contributed by atoms with Gasteiger partial charge in [-0.1, -0.05) is 17.3 Å². The Bertz CT molecular complexity index is 1010. The van der Waals surface area contributed by atoms with Crippen molar-refractivity contribution >= 4 is 16.9 Å². The van der Waals surface area contributed by atoms with Gasteiger partial charge in [0.1, 0.15) is 23.9 Å². The molecule has 2 aliphatic rings. The number of benzene rings is 1. The van der Waals surface area contributed by atoms with Crippen molar-refractivity contribution in [1.82, 2.24) is 29.8 Å². The predicted molar refractivity (Wildman–Crippen MR) is 117 cm³/mol. The number of pyridine rings is 1. The number of ether oxygens (including phenoxy) is 1. The second-order valence-corrected chi connectivity index (χ2v) is 8.38. The van der Waals surface area contributed by atoms with E-state index in [-0.39, 0.29) is 18.6 Å². The number of fused-ring (bicyclic) bond motifs is 1. The van der Waals surface area contributed by atoms with Crippen LogP contribution >= 0.6 is 0 Å². The number of aromatic nitrogens is 4. The topological polar surface area (TPSA) is 76.4 Å². The van der Waals surface area contributed by atoms with Gasteiger partial charge in [-0.3, -0.25) is 14.7 Å². The molecule has 0 N–H and O–H groups in total. The van der Waals surface area contributed by atoms with Crippen LogP contribution in [0.2, 0.25) is 0 Å². The Balaban J connectivity index is 1.09. The maximum Gasteiger partial charge on any atom is 0.244 e. The fourth-order valence-corrected chi connectivity index (χ4v) is 4.71. The van der Waals surface area contributed by atoms with Crippen LogP contribution in [0.25, 0.3) is 11.0 Å². The summed E-state index contributed by atoms with van der Waals surface area (Å²) in [4.78, 5) is 21.4. The number of hydrogen-bond donors (Lipinski definition) is 0. The molecule has 3 aromatic rings. The lowest BCUT2D eigenvalue weighted by Crippen LogP contribution is -2.50.